The molecule has 0 saturated heterocycles. The standard InChI is InChI=1S/C17H25N3S/c1-4-9-14(10-5-2)16-19-20-17(21-16)15(18-3)13-11-7-6-8-12-13/h6-8,11-12,14-15,18H,4-5,9-10H2,1-3H3. The van der Waals surface area contributed by atoms with Crippen molar-refractivity contribution in [2.45, 2.75) is 51.5 Å². The second-order valence-corrected chi connectivity index (χ2v) is 6.43. The minimum atomic E-state index is 0.140. The molecule has 0 amide bonds. The number of benzene rings is 1. The third-order valence-corrected chi connectivity index (χ3v) is 4.90. The largest absolute Gasteiger partial charge is 0.307 e. The lowest BCUT2D eigenvalue weighted by Gasteiger charge is -2.13. The van der Waals surface area contributed by atoms with Crippen molar-refractivity contribution in [1.29, 1.82) is 0 Å². The average Bonchev–Trinajstić information content (AvgIpc) is 2.98. The Kier molecular flexibility index (Phi) is 6.33. The molecule has 1 heterocycles. The zero-order valence-electron chi connectivity index (χ0n) is 13.2. The lowest BCUT2D eigenvalue weighted by molar-refractivity contribution is 0.553. The molecule has 21 heavy (non-hydrogen) atoms. The molecule has 2 aromatic rings. The van der Waals surface area contributed by atoms with Gasteiger partial charge in [-0.05, 0) is 25.5 Å². The first kappa shape index (κ1) is 16.1. The van der Waals surface area contributed by atoms with Crippen LogP contribution in [-0.2, 0) is 0 Å². The van der Waals surface area contributed by atoms with Crippen molar-refractivity contribution in [3.63, 3.8) is 0 Å². The lowest BCUT2D eigenvalue weighted by Crippen LogP contribution is -2.17. The number of hydrogen-bond donors (Lipinski definition) is 1. The van der Waals surface area contributed by atoms with Gasteiger partial charge in [0.25, 0.3) is 0 Å². The van der Waals surface area contributed by atoms with Gasteiger partial charge in [0, 0.05) is 5.92 Å². The van der Waals surface area contributed by atoms with Crippen LogP contribution in [0.15, 0.2) is 30.3 Å². The molecule has 0 bridgehead atoms. The zero-order chi connectivity index (χ0) is 15.1. The van der Waals surface area contributed by atoms with Gasteiger partial charge in [-0.2, -0.15) is 0 Å². The molecule has 0 fully saturated rings. The molecule has 114 valence electrons. The highest BCUT2D eigenvalue weighted by molar-refractivity contribution is 7.11. The van der Waals surface area contributed by atoms with Crippen LogP contribution in [0, 0.1) is 0 Å². The van der Waals surface area contributed by atoms with Crippen LogP contribution >= 0.6 is 11.3 Å². The highest BCUT2D eigenvalue weighted by Crippen LogP contribution is 2.32. The Labute approximate surface area is 131 Å². The van der Waals surface area contributed by atoms with E-state index in [9.17, 15) is 0 Å². The Hall–Kier alpha value is -1.26. The molecule has 2 rings (SSSR count). The highest BCUT2D eigenvalue weighted by atomic mass is 32.1. The number of rotatable bonds is 8. The van der Waals surface area contributed by atoms with Crippen molar-refractivity contribution < 1.29 is 0 Å². The van der Waals surface area contributed by atoms with Crippen LogP contribution in [0.4, 0.5) is 0 Å². The number of nitrogens with one attached hydrogen (secondary N) is 1. The molecule has 1 aromatic carbocycles. The fraction of sp³-hybridized carbons (Fsp3) is 0.529. The molecule has 1 aromatic heterocycles. The Morgan fingerprint density at radius 3 is 2.19 bits per heavy atom. The van der Waals surface area contributed by atoms with Gasteiger partial charge in [-0.3, -0.25) is 0 Å². The summed E-state index contributed by atoms with van der Waals surface area (Å²) in [5.41, 5.74) is 1.24. The van der Waals surface area contributed by atoms with E-state index in [1.807, 2.05) is 13.1 Å². The second kappa shape index (κ2) is 8.25. The Bertz CT molecular complexity index is 518. The van der Waals surface area contributed by atoms with E-state index in [0.717, 1.165) is 5.01 Å². The second-order valence-electron chi connectivity index (χ2n) is 5.39. The normalized spacial score (nSPS) is 12.8. The summed E-state index contributed by atoms with van der Waals surface area (Å²) in [4.78, 5) is 0. The SMILES string of the molecule is CCCC(CCC)c1nnc(C(NC)c2ccccc2)s1. The topological polar surface area (TPSA) is 37.8 Å². The lowest BCUT2D eigenvalue weighted by atomic mass is 9.99. The fourth-order valence-electron chi connectivity index (χ4n) is 2.69. The summed E-state index contributed by atoms with van der Waals surface area (Å²) in [5, 5.41) is 14.6. The molecule has 1 atom stereocenters. The zero-order valence-corrected chi connectivity index (χ0v) is 14.0. The molecule has 0 aliphatic heterocycles. The van der Waals surface area contributed by atoms with Crippen molar-refractivity contribution in [1.82, 2.24) is 15.5 Å². The smallest absolute Gasteiger partial charge is 0.139 e. The van der Waals surface area contributed by atoms with Crippen LogP contribution in [0.2, 0.25) is 0 Å². The van der Waals surface area contributed by atoms with Gasteiger partial charge in [-0.1, -0.05) is 68.4 Å². The predicted molar refractivity (Wildman–Crippen MR) is 89.8 cm³/mol. The number of aromatic nitrogens is 2. The first-order chi connectivity index (χ1) is 10.3. The van der Waals surface area contributed by atoms with E-state index in [1.54, 1.807) is 11.3 Å². The Morgan fingerprint density at radius 2 is 1.62 bits per heavy atom. The molecular formula is C17H25N3S. The summed E-state index contributed by atoms with van der Waals surface area (Å²) in [6.07, 6.45) is 4.82. The van der Waals surface area contributed by atoms with Crippen molar-refractivity contribution in [2.75, 3.05) is 7.05 Å². The molecule has 4 heteroatoms. The van der Waals surface area contributed by atoms with Gasteiger partial charge >= 0.3 is 0 Å². The first-order valence-corrected chi connectivity index (χ1v) is 8.67. The maximum atomic E-state index is 4.48. The van der Waals surface area contributed by atoms with Crippen molar-refractivity contribution in [2.24, 2.45) is 0 Å². The molecule has 1 N–H and O–H groups in total. The van der Waals surface area contributed by atoms with Gasteiger partial charge in [0.1, 0.15) is 10.0 Å². The van der Waals surface area contributed by atoms with Crippen LogP contribution in [0.5, 0.6) is 0 Å². The summed E-state index contributed by atoms with van der Waals surface area (Å²) < 4.78 is 0. The minimum Gasteiger partial charge on any atom is -0.307 e. The van der Waals surface area contributed by atoms with E-state index in [-0.39, 0.29) is 6.04 Å². The highest BCUT2D eigenvalue weighted by Gasteiger charge is 2.20. The van der Waals surface area contributed by atoms with Gasteiger partial charge in [0.15, 0.2) is 0 Å². The summed E-state index contributed by atoms with van der Waals surface area (Å²) >= 11 is 1.76. The van der Waals surface area contributed by atoms with E-state index >= 15 is 0 Å². The first-order valence-electron chi connectivity index (χ1n) is 7.85. The van der Waals surface area contributed by atoms with E-state index in [1.165, 1.54) is 36.3 Å². The summed E-state index contributed by atoms with van der Waals surface area (Å²) in [7, 11) is 1.98. The summed E-state index contributed by atoms with van der Waals surface area (Å²) in [6, 6.07) is 10.6. The fourth-order valence-corrected chi connectivity index (χ4v) is 3.85. The maximum absolute atomic E-state index is 4.48. The predicted octanol–water partition coefficient (Wildman–Crippen LogP) is 4.53. The summed E-state index contributed by atoms with van der Waals surface area (Å²) in [6.45, 7) is 4.48. The van der Waals surface area contributed by atoms with Gasteiger partial charge in [0.05, 0.1) is 6.04 Å². The molecule has 1 unspecified atom stereocenters. The number of nitrogens with zero attached hydrogens (tertiary/aromatic N) is 2. The molecule has 3 nitrogen and oxygen atoms in total. The number of hydrogen-bond acceptors (Lipinski definition) is 4. The van der Waals surface area contributed by atoms with Crippen LogP contribution < -0.4 is 5.32 Å². The van der Waals surface area contributed by atoms with Gasteiger partial charge in [-0.15, -0.1) is 10.2 Å². The van der Waals surface area contributed by atoms with E-state index < -0.39 is 0 Å². The molecule has 0 saturated carbocycles. The van der Waals surface area contributed by atoms with Crippen molar-refractivity contribution in [3.8, 4) is 0 Å². The molecule has 0 aliphatic rings. The van der Waals surface area contributed by atoms with Crippen molar-refractivity contribution in [3.05, 3.63) is 45.9 Å². The van der Waals surface area contributed by atoms with Crippen LogP contribution in [0.25, 0.3) is 0 Å². The van der Waals surface area contributed by atoms with Gasteiger partial charge in [-0.25, -0.2) is 0 Å². The third kappa shape index (κ3) is 4.11. The van der Waals surface area contributed by atoms with Crippen molar-refractivity contribution >= 4 is 11.3 Å². The van der Waals surface area contributed by atoms with E-state index in [4.69, 9.17) is 0 Å². The minimum absolute atomic E-state index is 0.140. The van der Waals surface area contributed by atoms with Crippen LogP contribution in [0.3, 0.4) is 0 Å². The van der Waals surface area contributed by atoms with Crippen LogP contribution in [0.1, 0.15) is 67.1 Å². The quantitative estimate of drug-likeness (QED) is 0.778. The average molecular weight is 303 g/mol. The van der Waals surface area contributed by atoms with Gasteiger partial charge < -0.3 is 5.32 Å². The summed E-state index contributed by atoms with van der Waals surface area (Å²) in [5.74, 6) is 0.569. The third-order valence-electron chi connectivity index (χ3n) is 3.75. The molecular weight excluding hydrogens is 278 g/mol. The molecule has 0 aliphatic carbocycles. The Balaban J connectivity index is 2.20. The van der Waals surface area contributed by atoms with Gasteiger partial charge in [0.2, 0.25) is 0 Å². The Morgan fingerprint density at radius 1 is 1.00 bits per heavy atom. The molecule has 0 radical (unpaired) electrons. The van der Waals surface area contributed by atoms with E-state index in [0.29, 0.717) is 5.92 Å². The van der Waals surface area contributed by atoms with E-state index in [2.05, 4.69) is 53.6 Å². The maximum Gasteiger partial charge on any atom is 0.139 e. The van der Waals surface area contributed by atoms with Crippen LogP contribution in [-0.4, -0.2) is 17.2 Å². The molecule has 0 spiro atoms. The monoisotopic (exact) mass is 303 g/mol.